The quantitative estimate of drug-likeness (QED) is 0.832. The van der Waals surface area contributed by atoms with Gasteiger partial charge in [0.1, 0.15) is 24.7 Å². The van der Waals surface area contributed by atoms with Crippen LogP contribution in [0.5, 0.6) is 11.5 Å². The zero-order valence-electron chi connectivity index (χ0n) is 15.6. The van der Waals surface area contributed by atoms with Gasteiger partial charge >= 0.3 is 6.03 Å². The minimum absolute atomic E-state index is 0.173. The molecule has 0 spiro atoms. The number of hydrogen-bond acceptors (Lipinski definition) is 3. The summed E-state index contributed by atoms with van der Waals surface area (Å²) >= 11 is 0. The van der Waals surface area contributed by atoms with Crippen molar-refractivity contribution in [2.45, 2.75) is 13.8 Å². The van der Waals surface area contributed by atoms with E-state index in [0.717, 1.165) is 5.75 Å². The van der Waals surface area contributed by atoms with E-state index in [-0.39, 0.29) is 12.6 Å². The smallest absolute Gasteiger partial charge is 0.321 e. The van der Waals surface area contributed by atoms with Crippen molar-refractivity contribution in [3.05, 3.63) is 53.6 Å². The molecule has 5 nitrogen and oxygen atoms in total. The molecule has 0 aliphatic heterocycles. The number of anilines is 1. The summed E-state index contributed by atoms with van der Waals surface area (Å²) in [5, 5.41) is 2.76. The SMILES string of the molecule is Cc1cc(C)cc(OCC#CCOc2ccc(NC(=O)N(C)C)cc2)c1. The highest BCUT2D eigenvalue weighted by Crippen LogP contribution is 2.16. The topological polar surface area (TPSA) is 50.8 Å². The van der Waals surface area contributed by atoms with E-state index < -0.39 is 0 Å². The molecule has 2 aromatic rings. The maximum absolute atomic E-state index is 11.6. The fourth-order valence-corrected chi connectivity index (χ4v) is 2.23. The Labute approximate surface area is 154 Å². The molecule has 5 heteroatoms. The standard InChI is InChI=1S/C21H24N2O3/c1-16-13-17(2)15-20(14-16)26-12-6-5-11-25-19-9-7-18(8-10-19)22-21(24)23(3)4/h7-10,13-15H,11-12H2,1-4H3,(H,22,24). The van der Waals surface area contributed by atoms with Crippen molar-refractivity contribution in [1.82, 2.24) is 4.90 Å². The number of aryl methyl sites for hydroxylation is 2. The van der Waals surface area contributed by atoms with Gasteiger partial charge in [-0.25, -0.2) is 4.79 Å². The molecule has 0 radical (unpaired) electrons. The average molecular weight is 352 g/mol. The number of carbonyl (C=O) groups is 1. The Hall–Kier alpha value is -3.13. The molecule has 0 heterocycles. The van der Waals surface area contributed by atoms with Crippen LogP contribution in [0.15, 0.2) is 42.5 Å². The zero-order valence-corrected chi connectivity index (χ0v) is 15.6. The first kappa shape index (κ1) is 19.2. The number of ether oxygens (including phenoxy) is 2. The fourth-order valence-electron chi connectivity index (χ4n) is 2.23. The van der Waals surface area contributed by atoms with E-state index in [0.29, 0.717) is 18.0 Å². The molecule has 0 saturated carbocycles. The Balaban J connectivity index is 1.74. The largest absolute Gasteiger partial charge is 0.481 e. The summed E-state index contributed by atoms with van der Waals surface area (Å²) in [5.41, 5.74) is 3.05. The summed E-state index contributed by atoms with van der Waals surface area (Å²) in [5.74, 6) is 7.37. The minimum atomic E-state index is -0.173. The summed E-state index contributed by atoms with van der Waals surface area (Å²) in [6.07, 6.45) is 0. The van der Waals surface area contributed by atoms with Gasteiger partial charge in [-0.15, -0.1) is 0 Å². The minimum Gasteiger partial charge on any atom is -0.481 e. The molecule has 136 valence electrons. The Morgan fingerprint density at radius 1 is 0.923 bits per heavy atom. The van der Waals surface area contributed by atoms with Crippen LogP contribution in [0.1, 0.15) is 11.1 Å². The molecule has 2 amide bonds. The molecule has 0 fully saturated rings. The number of nitrogens with one attached hydrogen (secondary N) is 1. The summed E-state index contributed by atoms with van der Waals surface area (Å²) in [6.45, 7) is 4.68. The highest BCUT2D eigenvalue weighted by Gasteiger charge is 2.03. The highest BCUT2D eigenvalue weighted by atomic mass is 16.5. The third kappa shape index (κ3) is 6.40. The van der Waals surface area contributed by atoms with Crippen LogP contribution in [0, 0.1) is 25.7 Å². The number of urea groups is 1. The van der Waals surface area contributed by atoms with Gasteiger partial charge in [-0.3, -0.25) is 0 Å². The maximum Gasteiger partial charge on any atom is 0.321 e. The summed E-state index contributed by atoms with van der Waals surface area (Å²) < 4.78 is 11.2. The molecule has 0 aliphatic carbocycles. The van der Waals surface area contributed by atoms with Crippen molar-refractivity contribution in [1.29, 1.82) is 0 Å². The van der Waals surface area contributed by atoms with Crippen LogP contribution < -0.4 is 14.8 Å². The van der Waals surface area contributed by atoms with Crippen molar-refractivity contribution in [2.75, 3.05) is 32.6 Å². The van der Waals surface area contributed by atoms with Gasteiger partial charge < -0.3 is 19.7 Å². The van der Waals surface area contributed by atoms with E-state index in [1.807, 2.05) is 26.0 Å². The van der Waals surface area contributed by atoms with Crippen molar-refractivity contribution >= 4 is 11.7 Å². The van der Waals surface area contributed by atoms with E-state index in [2.05, 4.69) is 23.2 Å². The summed E-state index contributed by atoms with van der Waals surface area (Å²) in [6, 6.07) is 13.1. The summed E-state index contributed by atoms with van der Waals surface area (Å²) in [4.78, 5) is 13.0. The Kier molecular flexibility index (Phi) is 6.92. The van der Waals surface area contributed by atoms with E-state index >= 15 is 0 Å². The molecular weight excluding hydrogens is 328 g/mol. The molecule has 2 aromatic carbocycles. The number of amides is 2. The molecule has 1 N–H and O–H groups in total. The number of nitrogens with zero attached hydrogens (tertiary/aromatic N) is 1. The lowest BCUT2D eigenvalue weighted by molar-refractivity contribution is 0.230. The Morgan fingerprint density at radius 3 is 2.00 bits per heavy atom. The number of rotatable bonds is 5. The molecule has 0 bridgehead atoms. The van der Waals surface area contributed by atoms with E-state index in [1.54, 1.807) is 38.4 Å². The van der Waals surface area contributed by atoms with Gasteiger partial charge in [0.2, 0.25) is 0 Å². The third-order valence-electron chi connectivity index (χ3n) is 3.45. The van der Waals surface area contributed by atoms with Gasteiger partial charge in [0, 0.05) is 19.8 Å². The number of hydrogen-bond donors (Lipinski definition) is 1. The zero-order chi connectivity index (χ0) is 18.9. The normalized spacial score (nSPS) is 9.69. The third-order valence-corrected chi connectivity index (χ3v) is 3.45. The van der Waals surface area contributed by atoms with Crippen LogP contribution in [0.4, 0.5) is 10.5 Å². The second-order valence-corrected chi connectivity index (χ2v) is 6.10. The second-order valence-electron chi connectivity index (χ2n) is 6.10. The average Bonchev–Trinajstić information content (AvgIpc) is 2.58. The van der Waals surface area contributed by atoms with Gasteiger partial charge in [-0.2, -0.15) is 0 Å². The molecule has 0 unspecified atom stereocenters. The van der Waals surface area contributed by atoms with Gasteiger partial charge in [-0.1, -0.05) is 17.9 Å². The van der Waals surface area contributed by atoms with Crippen molar-refractivity contribution in [3.63, 3.8) is 0 Å². The first-order valence-corrected chi connectivity index (χ1v) is 8.32. The van der Waals surface area contributed by atoms with Crippen LogP contribution >= 0.6 is 0 Å². The first-order valence-electron chi connectivity index (χ1n) is 8.32. The predicted octanol–water partition coefficient (Wildman–Crippen LogP) is 3.86. The Bertz CT molecular complexity index is 782. The van der Waals surface area contributed by atoms with Crippen LogP contribution in [0.3, 0.4) is 0 Å². The van der Waals surface area contributed by atoms with E-state index in [4.69, 9.17) is 9.47 Å². The van der Waals surface area contributed by atoms with Crippen molar-refractivity contribution in [3.8, 4) is 23.3 Å². The fraction of sp³-hybridized carbons (Fsp3) is 0.286. The molecule has 2 rings (SSSR count). The van der Waals surface area contributed by atoms with Crippen molar-refractivity contribution < 1.29 is 14.3 Å². The second kappa shape index (κ2) is 9.38. The molecular formula is C21H24N2O3. The predicted molar refractivity (Wildman–Crippen MR) is 104 cm³/mol. The molecule has 0 saturated heterocycles. The lowest BCUT2D eigenvalue weighted by Gasteiger charge is -2.12. The lowest BCUT2D eigenvalue weighted by Crippen LogP contribution is -2.27. The molecule has 0 aromatic heterocycles. The van der Waals surface area contributed by atoms with Crippen LogP contribution in [0.2, 0.25) is 0 Å². The van der Waals surface area contributed by atoms with E-state index in [1.165, 1.54) is 16.0 Å². The van der Waals surface area contributed by atoms with Crippen molar-refractivity contribution in [2.24, 2.45) is 0 Å². The van der Waals surface area contributed by atoms with Gasteiger partial charge in [0.05, 0.1) is 0 Å². The Morgan fingerprint density at radius 2 is 1.46 bits per heavy atom. The first-order chi connectivity index (χ1) is 12.4. The van der Waals surface area contributed by atoms with Gasteiger partial charge in [-0.05, 0) is 61.4 Å². The summed E-state index contributed by atoms with van der Waals surface area (Å²) in [7, 11) is 3.38. The number of benzene rings is 2. The van der Waals surface area contributed by atoms with Gasteiger partial charge in [0.15, 0.2) is 0 Å². The molecule has 0 aliphatic rings. The molecule has 0 atom stereocenters. The van der Waals surface area contributed by atoms with Crippen LogP contribution in [-0.4, -0.2) is 38.2 Å². The van der Waals surface area contributed by atoms with Crippen LogP contribution in [0.25, 0.3) is 0 Å². The highest BCUT2D eigenvalue weighted by molar-refractivity contribution is 5.88. The van der Waals surface area contributed by atoms with Gasteiger partial charge in [0.25, 0.3) is 0 Å². The maximum atomic E-state index is 11.6. The van der Waals surface area contributed by atoms with Crippen LogP contribution in [-0.2, 0) is 0 Å². The monoisotopic (exact) mass is 352 g/mol. The molecule has 26 heavy (non-hydrogen) atoms. The van der Waals surface area contributed by atoms with E-state index in [9.17, 15) is 4.79 Å². The lowest BCUT2D eigenvalue weighted by atomic mass is 10.1. The number of carbonyl (C=O) groups excluding carboxylic acids is 1.